The van der Waals surface area contributed by atoms with Gasteiger partial charge in [-0.2, -0.15) is 0 Å². The first-order chi connectivity index (χ1) is 11.1. The molecule has 126 valence electrons. The van der Waals surface area contributed by atoms with Crippen LogP contribution >= 0.6 is 0 Å². The molecular formula is C20H29NO2. The van der Waals surface area contributed by atoms with Crippen LogP contribution in [0.2, 0.25) is 0 Å². The van der Waals surface area contributed by atoms with Crippen LogP contribution in [0.1, 0.15) is 57.9 Å². The minimum Gasteiger partial charge on any atom is -0.374 e. The number of amides is 1. The van der Waals surface area contributed by atoms with Gasteiger partial charge in [0.15, 0.2) is 0 Å². The molecule has 23 heavy (non-hydrogen) atoms. The number of benzene rings is 1. The molecule has 1 heterocycles. The second-order valence-electron chi connectivity index (χ2n) is 7.60. The number of carbonyl (C=O) groups is 1. The molecular weight excluding hydrogens is 286 g/mol. The molecule has 0 radical (unpaired) electrons. The van der Waals surface area contributed by atoms with Crippen LogP contribution in [-0.2, 0) is 14.9 Å². The lowest BCUT2D eigenvalue weighted by Gasteiger charge is -2.44. The summed E-state index contributed by atoms with van der Waals surface area (Å²) in [6.07, 6.45) is 6.50. The second-order valence-corrected chi connectivity index (χ2v) is 7.60. The zero-order valence-electron chi connectivity index (χ0n) is 14.5. The lowest BCUT2D eigenvalue weighted by molar-refractivity contribution is -0.149. The highest BCUT2D eigenvalue weighted by atomic mass is 16.5. The predicted octanol–water partition coefficient (Wildman–Crippen LogP) is 3.91. The molecule has 0 spiro atoms. The van der Waals surface area contributed by atoms with E-state index >= 15 is 0 Å². The van der Waals surface area contributed by atoms with E-state index in [0.717, 1.165) is 25.8 Å². The van der Waals surface area contributed by atoms with Crippen molar-refractivity contribution < 1.29 is 9.53 Å². The standard InChI is InChI=1S/C20H29NO2/c1-20(2,16-8-4-3-5-9-16)13-12-19(22)21-14-15-23-18-11-7-6-10-17(18)21/h3-5,8-9,17-18H,6-7,10-15H2,1-2H3. The van der Waals surface area contributed by atoms with Crippen molar-refractivity contribution in [3.8, 4) is 0 Å². The van der Waals surface area contributed by atoms with Gasteiger partial charge in [0.05, 0.1) is 18.8 Å². The third-order valence-corrected chi connectivity index (χ3v) is 5.57. The number of fused-ring (bicyclic) bond motifs is 1. The van der Waals surface area contributed by atoms with Crippen molar-refractivity contribution in [1.82, 2.24) is 4.90 Å². The van der Waals surface area contributed by atoms with Crippen molar-refractivity contribution in [2.75, 3.05) is 13.2 Å². The van der Waals surface area contributed by atoms with Gasteiger partial charge in [-0.15, -0.1) is 0 Å². The van der Waals surface area contributed by atoms with Gasteiger partial charge in [0.25, 0.3) is 0 Å². The second kappa shape index (κ2) is 7.04. The highest BCUT2D eigenvalue weighted by Crippen LogP contribution is 2.31. The molecule has 1 saturated heterocycles. The molecule has 1 saturated carbocycles. The summed E-state index contributed by atoms with van der Waals surface area (Å²) < 4.78 is 5.88. The molecule has 2 aliphatic rings. The molecule has 3 heteroatoms. The molecule has 0 N–H and O–H groups in total. The van der Waals surface area contributed by atoms with Crippen LogP contribution in [0.15, 0.2) is 30.3 Å². The third kappa shape index (κ3) is 3.77. The highest BCUT2D eigenvalue weighted by Gasteiger charge is 2.36. The van der Waals surface area contributed by atoms with Gasteiger partial charge in [-0.25, -0.2) is 0 Å². The van der Waals surface area contributed by atoms with E-state index in [4.69, 9.17) is 4.74 Å². The Morgan fingerprint density at radius 2 is 1.96 bits per heavy atom. The Hall–Kier alpha value is -1.35. The maximum absolute atomic E-state index is 12.8. The van der Waals surface area contributed by atoms with E-state index < -0.39 is 0 Å². The first kappa shape index (κ1) is 16.5. The lowest BCUT2D eigenvalue weighted by Crippen LogP contribution is -2.54. The first-order valence-corrected chi connectivity index (χ1v) is 9.04. The van der Waals surface area contributed by atoms with Crippen molar-refractivity contribution in [2.45, 2.75) is 69.9 Å². The SMILES string of the molecule is CC(C)(CCC(=O)N1CCOC2CCCCC21)c1ccccc1. The monoisotopic (exact) mass is 315 g/mol. The minimum atomic E-state index is 0.0369. The molecule has 1 aromatic rings. The van der Waals surface area contributed by atoms with Crippen LogP contribution in [0.25, 0.3) is 0 Å². The van der Waals surface area contributed by atoms with Crippen LogP contribution in [0.3, 0.4) is 0 Å². The predicted molar refractivity (Wildman–Crippen MR) is 92.4 cm³/mol. The van der Waals surface area contributed by atoms with Gasteiger partial charge in [-0.1, -0.05) is 57.0 Å². The molecule has 2 fully saturated rings. The number of carbonyl (C=O) groups excluding carboxylic acids is 1. The molecule has 3 nitrogen and oxygen atoms in total. The van der Waals surface area contributed by atoms with Gasteiger partial charge in [-0.3, -0.25) is 4.79 Å². The first-order valence-electron chi connectivity index (χ1n) is 9.04. The van der Waals surface area contributed by atoms with E-state index in [9.17, 15) is 4.79 Å². The third-order valence-electron chi connectivity index (χ3n) is 5.57. The number of ether oxygens (including phenoxy) is 1. The van der Waals surface area contributed by atoms with Crippen molar-refractivity contribution in [2.24, 2.45) is 0 Å². The number of rotatable bonds is 4. The molecule has 1 aliphatic carbocycles. The van der Waals surface area contributed by atoms with E-state index in [0.29, 0.717) is 25.0 Å². The average Bonchev–Trinajstić information content (AvgIpc) is 2.60. The lowest BCUT2D eigenvalue weighted by atomic mass is 9.80. The minimum absolute atomic E-state index is 0.0369. The fraction of sp³-hybridized carbons (Fsp3) is 0.650. The summed E-state index contributed by atoms with van der Waals surface area (Å²) in [5.74, 6) is 0.314. The Labute approximate surface area is 140 Å². The summed E-state index contributed by atoms with van der Waals surface area (Å²) in [5.41, 5.74) is 1.35. The summed E-state index contributed by atoms with van der Waals surface area (Å²) >= 11 is 0. The van der Waals surface area contributed by atoms with Gasteiger partial charge in [0.2, 0.25) is 5.91 Å². The normalized spacial score (nSPS) is 25.0. The van der Waals surface area contributed by atoms with Gasteiger partial charge in [0, 0.05) is 13.0 Å². The van der Waals surface area contributed by atoms with Gasteiger partial charge >= 0.3 is 0 Å². The zero-order chi connectivity index (χ0) is 16.3. The quantitative estimate of drug-likeness (QED) is 0.843. The van der Waals surface area contributed by atoms with Gasteiger partial charge in [-0.05, 0) is 30.2 Å². The fourth-order valence-corrected chi connectivity index (χ4v) is 4.00. The van der Waals surface area contributed by atoms with Gasteiger partial charge < -0.3 is 9.64 Å². The number of nitrogens with zero attached hydrogens (tertiary/aromatic N) is 1. The molecule has 1 amide bonds. The maximum atomic E-state index is 12.8. The molecule has 2 unspecified atom stereocenters. The fourth-order valence-electron chi connectivity index (χ4n) is 4.00. The van der Waals surface area contributed by atoms with Crippen molar-refractivity contribution in [1.29, 1.82) is 0 Å². The highest BCUT2D eigenvalue weighted by molar-refractivity contribution is 5.77. The summed E-state index contributed by atoms with van der Waals surface area (Å²) in [4.78, 5) is 14.9. The number of hydrogen-bond donors (Lipinski definition) is 0. The van der Waals surface area contributed by atoms with Crippen molar-refractivity contribution >= 4 is 5.91 Å². The summed E-state index contributed by atoms with van der Waals surface area (Å²) in [5, 5.41) is 0. The van der Waals surface area contributed by atoms with Crippen LogP contribution in [-0.4, -0.2) is 36.1 Å². The van der Waals surface area contributed by atoms with E-state index in [1.807, 2.05) is 6.07 Å². The zero-order valence-corrected chi connectivity index (χ0v) is 14.5. The largest absolute Gasteiger partial charge is 0.374 e. The summed E-state index contributed by atoms with van der Waals surface area (Å²) in [6.45, 7) is 5.94. The van der Waals surface area contributed by atoms with E-state index in [1.54, 1.807) is 0 Å². The van der Waals surface area contributed by atoms with Crippen LogP contribution < -0.4 is 0 Å². The maximum Gasteiger partial charge on any atom is 0.223 e. The van der Waals surface area contributed by atoms with Crippen LogP contribution in [0, 0.1) is 0 Å². The molecule has 1 aliphatic heterocycles. The smallest absolute Gasteiger partial charge is 0.223 e. The summed E-state index contributed by atoms with van der Waals surface area (Å²) in [6, 6.07) is 10.8. The topological polar surface area (TPSA) is 29.5 Å². The molecule has 3 rings (SSSR count). The van der Waals surface area contributed by atoms with E-state index in [2.05, 4.69) is 43.0 Å². The molecule has 2 atom stereocenters. The van der Waals surface area contributed by atoms with Crippen molar-refractivity contribution in [3.05, 3.63) is 35.9 Å². The Morgan fingerprint density at radius 3 is 2.74 bits per heavy atom. The molecule has 0 bridgehead atoms. The Balaban J connectivity index is 1.60. The number of hydrogen-bond acceptors (Lipinski definition) is 2. The molecule has 1 aromatic carbocycles. The Kier molecular flexibility index (Phi) is 5.05. The Morgan fingerprint density at radius 1 is 1.22 bits per heavy atom. The van der Waals surface area contributed by atoms with Crippen molar-refractivity contribution in [3.63, 3.8) is 0 Å². The summed E-state index contributed by atoms with van der Waals surface area (Å²) in [7, 11) is 0. The molecule has 0 aromatic heterocycles. The van der Waals surface area contributed by atoms with Gasteiger partial charge in [0.1, 0.15) is 0 Å². The van der Waals surface area contributed by atoms with E-state index in [1.165, 1.54) is 18.4 Å². The average molecular weight is 315 g/mol. The van der Waals surface area contributed by atoms with Crippen LogP contribution in [0.5, 0.6) is 0 Å². The Bertz CT molecular complexity index is 524. The van der Waals surface area contributed by atoms with Crippen LogP contribution in [0.4, 0.5) is 0 Å². The van der Waals surface area contributed by atoms with E-state index in [-0.39, 0.29) is 11.5 Å². The number of morpholine rings is 1.